The molecule has 0 aliphatic carbocycles. The van der Waals surface area contributed by atoms with Crippen LogP contribution in [0, 0.1) is 0 Å². The highest BCUT2D eigenvalue weighted by Gasteiger charge is 2.27. The van der Waals surface area contributed by atoms with Gasteiger partial charge in [-0.05, 0) is 30.7 Å². The quantitative estimate of drug-likeness (QED) is 0.595. The van der Waals surface area contributed by atoms with Crippen molar-refractivity contribution >= 4 is 29.1 Å². The Morgan fingerprint density at radius 1 is 1.13 bits per heavy atom. The average molecular weight is 436 g/mol. The van der Waals surface area contributed by atoms with Gasteiger partial charge in [0, 0.05) is 48.4 Å². The molecule has 2 amide bonds. The number of hydrogen-bond donors (Lipinski definition) is 1. The highest BCUT2D eigenvalue weighted by molar-refractivity contribution is 6.30. The molecule has 160 valence electrons. The molecule has 1 aliphatic heterocycles. The molecule has 0 saturated carbocycles. The number of carbonyl (C=O) groups excluding carboxylic acids is 1. The van der Waals surface area contributed by atoms with Crippen LogP contribution in [0.4, 0.5) is 16.3 Å². The second-order valence-corrected chi connectivity index (χ2v) is 8.13. The summed E-state index contributed by atoms with van der Waals surface area (Å²) in [5, 5.41) is 3.59. The molecule has 0 atom stereocenters. The van der Waals surface area contributed by atoms with E-state index in [1.165, 1.54) is 0 Å². The van der Waals surface area contributed by atoms with Crippen molar-refractivity contribution in [2.45, 2.75) is 26.3 Å². The topological polar surface area (TPSA) is 61.4 Å². The molecular formula is C24H26ClN5O. The molecular weight excluding hydrogens is 410 g/mol. The van der Waals surface area contributed by atoms with Gasteiger partial charge in [0.15, 0.2) is 5.82 Å². The summed E-state index contributed by atoms with van der Waals surface area (Å²) < 4.78 is 0. The molecule has 0 radical (unpaired) electrons. The van der Waals surface area contributed by atoms with Gasteiger partial charge in [0.25, 0.3) is 0 Å². The SMILES string of the molecule is CCCN(C)c1nc(-c2ccccc2)nc2c1CN(C(=O)Nc1ccc(Cl)cc1)CC2. The Hall–Kier alpha value is -3.12. The Kier molecular flexibility index (Phi) is 6.37. The van der Waals surface area contributed by atoms with Crippen molar-refractivity contribution in [1.82, 2.24) is 14.9 Å². The molecule has 0 fully saturated rings. The zero-order chi connectivity index (χ0) is 21.8. The first-order chi connectivity index (χ1) is 15.0. The van der Waals surface area contributed by atoms with Crippen LogP contribution in [0.2, 0.25) is 5.02 Å². The Balaban J connectivity index is 1.62. The van der Waals surface area contributed by atoms with E-state index in [-0.39, 0.29) is 6.03 Å². The van der Waals surface area contributed by atoms with Gasteiger partial charge in [0.2, 0.25) is 0 Å². The third kappa shape index (κ3) is 4.80. The summed E-state index contributed by atoms with van der Waals surface area (Å²) in [5.74, 6) is 1.63. The number of aromatic nitrogens is 2. The minimum atomic E-state index is -0.135. The predicted molar refractivity (Wildman–Crippen MR) is 126 cm³/mol. The predicted octanol–water partition coefficient (Wildman–Crippen LogP) is 5.23. The minimum absolute atomic E-state index is 0.135. The van der Waals surface area contributed by atoms with Gasteiger partial charge in [-0.2, -0.15) is 0 Å². The number of anilines is 2. The monoisotopic (exact) mass is 435 g/mol. The maximum Gasteiger partial charge on any atom is 0.322 e. The number of nitrogens with zero attached hydrogens (tertiary/aromatic N) is 4. The Labute approximate surface area is 187 Å². The molecule has 1 N–H and O–H groups in total. The molecule has 0 saturated heterocycles. The molecule has 2 heterocycles. The number of urea groups is 1. The van der Waals surface area contributed by atoms with Crippen molar-refractivity contribution < 1.29 is 4.79 Å². The van der Waals surface area contributed by atoms with Gasteiger partial charge >= 0.3 is 6.03 Å². The van der Waals surface area contributed by atoms with Gasteiger partial charge in [-0.3, -0.25) is 0 Å². The first-order valence-electron chi connectivity index (χ1n) is 10.5. The smallest absolute Gasteiger partial charge is 0.322 e. The van der Waals surface area contributed by atoms with Crippen LogP contribution in [0.3, 0.4) is 0 Å². The van der Waals surface area contributed by atoms with Crippen molar-refractivity contribution in [2.24, 2.45) is 0 Å². The van der Waals surface area contributed by atoms with Gasteiger partial charge in [-0.25, -0.2) is 14.8 Å². The van der Waals surface area contributed by atoms with Crippen LogP contribution in [0.5, 0.6) is 0 Å². The van der Waals surface area contributed by atoms with Crippen molar-refractivity contribution in [3.63, 3.8) is 0 Å². The summed E-state index contributed by atoms with van der Waals surface area (Å²) in [6.45, 7) is 4.12. The lowest BCUT2D eigenvalue weighted by Gasteiger charge is -2.32. The normalized spacial score (nSPS) is 12.9. The second-order valence-electron chi connectivity index (χ2n) is 7.69. The van der Waals surface area contributed by atoms with E-state index in [1.54, 1.807) is 24.3 Å². The molecule has 2 aromatic carbocycles. The van der Waals surface area contributed by atoms with Gasteiger partial charge in [0.05, 0.1) is 12.2 Å². The number of amides is 2. The van der Waals surface area contributed by atoms with Crippen molar-refractivity contribution in [1.29, 1.82) is 0 Å². The van der Waals surface area contributed by atoms with Crippen LogP contribution in [-0.2, 0) is 13.0 Å². The van der Waals surface area contributed by atoms with Crippen LogP contribution in [-0.4, -0.2) is 41.0 Å². The van der Waals surface area contributed by atoms with Gasteiger partial charge in [0.1, 0.15) is 5.82 Å². The average Bonchev–Trinajstić information content (AvgIpc) is 2.80. The van der Waals surface area contributed by atoms with Crippen LogP contribution in [0.1, 0.15) is 24.6 Å². The summed E-state index contributed by atoms with van der Waals surface area (Å²) in [4.78, 5) is 26.6. The first-order valence-corrected chi connectivity index (χ1v) is 10.9. The largest absolute Gasteiger partial charge is 0.359 e. The van der Waals surface area contributed by atoms with E-state index in [2.05, 4.69) is 17.1 Å². The van der Waals surface area contributed by atoms with Crippen LogP contribution in [0.15, 0.2) is 54.6 Å². The zero-order valence-electron chi connectivity index (χ0n) is 17.8. The highest BCUT2D eigenvalue weighted by Crippen LogP contribution is 2.29. The van der Waals surface area contributed by atoms with E-state index in [9.17, 15) is 4.79 Å². The lowest BCUT2D eigenvalue weighted by atomic mass is 10.0. The lowest BCUT2D eigenvalue weighted by molar-refractivity contribution is 0.206. The fourth-order valence-corrected chi connectivity index (χ4v) is 3.91. The van der Waals surface area contributed by atoms with E-state index < -0.39 is 0 Å². The van der Waals surface area contributed by atoms with Crippen molar-refractivity contribution in [2.75, 3.05) is 30.4 Å². The molecule has 3 aromatic rings. The summed E-state index contributed by atoms with van der Waals surface area (Å²) in [6.07, 6.45) is 1.70. The van der Waals surface area contributed by atoms with Crippen LogP contribution < -0.4 is 10.2 Å². The molecule has 0 bridgehead atoms. The third-order valence-corrected chi connectivity index (χ3v) is 5.63. The Morgan fingerprint density at radius 3 is 2.58 bits per heavy atom. The van der Waals surface area contributed by atoms with E-state index in [4.69, 9.17) is 21.6 Å². The van der Waals surface area contributed by atoms with E-state index in [0.717, 1.165) is 47.1 Å². The van der Waals surface area contributed by atoms with Crippen molar-refractivity contribution in [3.05, 3.63) is 70.9 Å². The summed E-state index contributed by atoms with van der Waals surface area (Å²) in [5.41, 5.74) is 3.76. The Morgan fingerprint density at radius 2 is 1.87 bits per heavy atom. The van der Waals surface area contributed by atoms with Crippen LogP contribution >= 0.6 is 11.6 Å². The Bertz CT molecular complexity index is 1060. The summed E-state index contributed by atoms with van der Waals surface area (Å²) >= 11 is 5.94. The number of hydrogen-bond acceptors (Lipinski definition) is 4. The third-order valence-electron chi connectivity index (χ3n) is 5.37. The molecule has 4 rings (SSSR count). The number of nitrogens with one attached hydrogen (secondary N) is 1. The van der Waals surface area contributed by atoms with Crippen LogP contribution in [0.25, 0.3) is 11.4 Å². The standard InChI is InChI=1S/C24H26ClN5O/c1-3-14-29(2)23-20-16-30(24(31)26-19-11-9-18(25)10-12-19)15-13-21(20)27-22(28-23)17-7-5-4-6-8-17/h4-12H,3,13-16H2,1-2H3,(H,26,31). The zero-order valence-corrected chi connectivity index (χ0v) is 18.6. The number of carbonyl (C=O) groups is 1. The summed E-state index contributed by atoms with van der Waals surface area (Å²) in [6, 6.07) is 17.0. The molecule has 0 unspecified atom stereocenters. The van der Waals surface area contributed by atoms with Gasteiger partial charge in [-0.15, -0.1) is 0 Å². The second kappa shape index (κ2) is 9.35. The van der Waals surface area contributed by atoms with E-state index in [0.29, 0.717) is 24.5 Å². The molecule has 6 nitrogen and oxygen atoms in total. The molecule has 0 spiro atoms. The molecule has 1 aliphatic rings. The van der Waals surface area contributed by atoms with Gasteiger partial charge in [-0.1, -0.05) is 48.9 Å². The van der Waals surface area contributed by atoms with Gasteiger partial charge < -0.3 is 15.1 Å². The fraction of sp³-hybridized carbons (Fsp3) is 0.292. The fourth-order valence-electron chi connectivity index (χ4n) is 3.78. The number of benzene rings is 2. The lowest BCUT2D eigenvalue weighted by Crippen LogP contribution is -2.40. The molecule has 1 aromatic heterocycles. The first kappa shape index (κ1) is 21.1. The molecule has 7 heteroatoms. The van der Waals surface area contributed by atoms with Crippen molar-refractivity contribution in [3.8, 4) is 11.4 Å². The van der Waals surface area contributed by atoms with E-state index in [1.807, 2.05) is 42.3 Å². The number of halogens is 1. The highest BCUT2D eigenvalue weighted by atomic mass is 35.5. The number of fused-ring (bicyclic) bond motifs is 1. The van der Waals surface area contributed by atoms with E-state index >= 15 is 0 Å². The maximum absolute atomic E-state index is 12.9. The summed E-state index contributed by atoms with van der Waals surface area (Å²) in [7, 11) is 2.05. The minimum Gasteiger partial charge on any atom is -0.359 e. The molecule has 31 heavy (non-hydrogen) atoms. The number of rotatable bonds is 5. The maximum atomic E-state index is 12.9.